The van der Waals surface area contributed by atoms with Crippen molar-refractivity contribution in [3.05, 3.63) is 18.2 Å². The maximum atomic E-state index is 10.9. The topological polar surface area (TPSA) is 82.8 Å². The number of unbranched alkanes of at least 4 members (excludes halogenated alkanes) is 1. The summed E-state index contributed by atoms with van der Waals surface area (Å²) in [4.78, 5) is 10.9. The molecule has 106 valence electrons. The van der Waals surface area contributed by atoms with Gasteiger partial charge in [0.2, 0.25) is 5.91 Å². The molecule has 0 aromatic heterocycles. The van der Waals surface area contributed by atoms with Crippen LogP contribution in [0, 0.1) is 0 Å². The molecule has 1 aromatic carbocycles. The smallest absolute Gasteiger partial charge is 0.233 e. The second-order valence-corrected chi connectivity index (χ2v) is 3.92. The number of carbonyl (C=O) groups excluding carboxylic acids is 1. The van der Waals surface area contributed by atoms with Gasteiger partial charge in [0.05, 0.1) is 20.8 Å². The van der Waals surface area contributed by atoms with E-state index in [0.29, 0.717) is 30.3 Å². The van der Waals surface area contributed by atoms with Crippen molar-refractivity contribution in [3.63, 3.8) is 0 Å². The lowest BCUT2D eigenvalue weighted by Crippen LogP contribution is -2.29. The Morgan fingerprint density at radius 1 is 1.11 bits per heavy atom. The minimum Gasteiger partial charge on any atom is -0.496 e. The molecule has 6 heteroatoms. The van der Waals surface area contributed by atoms with Crippen LogP contribution < -0.4 is 25.5 Å². The lowest BCUT2D eigenvalue weighted by molar-refractivity contribution is -0.121. The number of amides is 1. The molecule has 0 aliphatic heterocycles. The molecular formula is C13H20N2O4. The Morgan fingerprint density at radius 3 is 2.21 bits per heavy atom. The van der Waals surface area contributed by atoms with Gasteiger partial charge in [-0.25, -0.2) is 5.84 Å². The molecule has 0 radical (unpaired) electrons. The molecular weight excluding hydrogens is 248 g/mol. The van der Waals surface area contributed by atoms with E-state index in [9.17, 15) is 4.79 Å². The van der Waals surface area contributed by atoms with E-state index in [0.717, 1.165) is 12.8 Å². The normalized spacial score (nSPS) is 9.84. The van der Waals surface area contributed by atoms with Crippen LogP contribution in [0.1, 0.15) is 19.3 Å². The molecule has 0 saturated carbocycles. The van der Waals surface area contributed by atoms with Gasteiger partial charge in [-0.05, 0) is 12.8 Å². The monoisotopic (exact) mass is 268 g/mol. The zero-order valence-corrected chi connectivity index (χ0v) is 11.3. The molecule has 1 aromatic rings. The molecule has 1 amide bonds. The third-order valence-electron chi connectivity index (χ3n) is 2.55. The zero-order valence-electron chi connectivity index (χ0n) is 11.3. The number of nitrogens with one attached hydrogen (secondary N) is 1. The van der Waals surface area contributed by atoms with Crippen LogP contribution in [-0.4, -0.2) is 26.7 Å². The van der Waals surface area contributed by atoms with E-state index in [1.54, 1.807) is 32.4 Å². The molecule has 1 rings (SSSR count). The summed E-state index contributed by atoms with van der Waals surface area (Å²) in [6.07, 6.45) is 1.90. The summed E-state index contributed by atoms with van der Waals surface area (Å²) >= 11 is 0. The highest BCUT2D eigenvalue weighted by Gasteiger charge is 2.03. The van der Waals surface area contributed by atoms with E-state index < -0.39 is 0 Å². The van der Waals surface area contributed by atoms with Gasteiger partial charge in [0.25, 0.3) is 0 Å². The fourth-order valence-corrected chi connectivity index (χ4v) is 1.51. The summed E-state index contributed by atoms with van der Waals surface area (Å²) in [7, 11) is 3.17. The number of hydrogen-bond donors (Lipinski definition) is 2. The zero-order chi connectivity index (χ0) is 14.1. The number of carbonyl (C=O) groups is 1. The first-order valence-electron chi connectivity index (χ1n) is 6.05. The number of methoxy groups -OCH3 is 2. The van der Waals surface area contributed by atoms with E-state index in [4.69, 9.17) is 20.1 Å². The van der Waals surface area contributed by atoms with Crippen LogP contribution in [0.5, 0.6) is 17.2 Å². The molecule has 0 fully saturated rings. The van der Waals surface area contributed by atoms with Crippen LogP contribution in [0.4, 0.5) is 0 Å². The minimum atomic E-state index is -0.164. The van der Waals surface area contributed by atoms with Crippen molar-refractivity contribution in [2.75, 3.05) is 20.8 Å². The second-order valence-electron chi connectivity index (χ2n) is 3.92. The van der Waals surface area contributed by atoms with E-state index in [-0.39, 0.29) is 5.91 Å². The summed E-state index contributed by atoms with van der Waals surface area (Å²) in [5, 5.41) is 0. The van der Waals surface area contributed by atoms with Crippen LogP contribution in [0.15, 0.2) is 18.2 Å². The first-order valence-corrected chi connectivity index (χ1v) is 6.05. The van der Waals surface area contributed by atoms with Crippen LogP contribution in [0.3, 0.4) is 0 Å². The maximum absolute atomic E-state index is 10.9. The molecule has 0 aliphatic rings. The highest BCUT2D eigenvalue weighted by Crippen LogP contribution is 2.27. The van der Waals surface area contributed by atoms with Crippen LogP contribution in [0.25, 0.3) is 0 Å². The number of hydrogen-bond acceptors (Lipinski definition) is 5. The van der Waals surface area contributed by atoms with Crippen molar-refractivity contribution >= 4 is 5.91 Å². The maximum Gasteiger partial charge on any atom is 0.233 e. The van der Waals surface area contributed by atoms with Gasteiger partial charge < -0.3 is 14.2 Å². The Morgan fingerprint density at radius 2 is 1.68 bits per heavy atom. The number of rotatable bonds is 8. The molecule has 19 heavy (non-hydrogen) atoms. The van der Waals surface area contributed by atoms with Gasteiger partial charge in [0.15, 0.2) is 0 Å². The molecule has 0 atom stereocenters. The van der Waals surface area contributed by atoms with Gasteiger partial charge in [0, 0.05) is 24.6 Å². The average Bonchev–Trinajstić information content (AvgIpc) is 2.46. The third kappa shape index (κ3) is 5.48. The number of nitrogens with two attached hydrogens (primary N) is 1. The Balaban J connectivity index is 2.38. The molecule has 0 unspecified atom stereocenters. The van der Waals surface area contributed by atoms with Gasteiger partial charge in [-0.1, -0.05) is 0 Å². The van der Waals surface area contributed by atoms with Gasteiger partial charge in [-0.3, -0.25) is 10.2 Å². The Kier molecular flexibility index (Phi) is 6.52. The van der Waals surface area contributed by atoms with Gasteiger partial charge in [-0.2, -0.15) is 0 Å². The summed E-state index contributed by atoms with van der Waals surface area (Å²) in [6.45, 7) is 0.522. The fraction of sp³-hybridized carbons (Fsp3) is 0.462. The Labute approximate surface area is 112 Å². The highest BCUT2D eigenvalue weighted by atomic mass is 16.5. The van der Waals surface area contributed by atoms with Crippen molar-refractivity contribution < 1.29 is 19.0 Å². The molecule has 3 N–H and O–H groups in total. The molecule has 0 aliphatic carbocycles. The van der Waals surface area contributed by atoms with E-state index in [1.165, 1.54) is 0 Å². The first kappa shape index (κ1) is 15.1. The summed E-state index contributed by atoms with van der Waals surface area (Å²) in [5.74, 6) is 6.85. The number of ether oxygens (including phenoxy) is 3. The molecule has 0 heterocycles. The predicted octanol–water partition coefficient (Wildman–Crippen LogP) is 1.24. The van der Waals surface area contributed by atoms with Crippen LogP contribution >= 0.6 is 0 Å². The summed E-state index contributed by atoms with van der Waals surface area (Å²) in [5.41, 5.74) is 2.09. The van der Waals surface area contributed by atoms with E-state index in [1.807, 2.05) is 0 Å². The fourth-order valence-electron chi connectivity index (χ4n) is 1.51. The van der Waals surface area contributed by atoms with Crippen molar-refractivity contribution in [1.82, 2.24) is 5.43 Å². The molecule has 0 bridgehead atoms. The lowest BCUT2D eigenvalue weighted by atomic mass is 10.2. The van der Waals surface area contributed by atoms with Crippen molar-refractivity contribution in [1.29, 1.82) is 0 Å². The largest absolute Gasteiger partial charge is 0.496 e. The molecule has 0 spiro atoms. The standard InChI is InChI=1S/C13H20N2O4/c1-17-10-7-11(18-2)9-12(8-10)19-6-4-3-5-13(16)15-14/h7-9H,3-6,14H2,1-2H3,(H,15,16). The lowest BCUT2D eigenvalue weighted by Gasteiger charge is -2.10. The van der Waals surface area contributed by atoms with Crippen molar-refractivity contribution in [2.45, 2.75) is 19.3 Å². The predicted molar refractivity (Wildman–Crippen MR) is 71.2 cm³/mol. The van der Waals surface area contributed by atoms with Crippen molar-refractivity contribution in [3.8, 4) is 17.2 Å². The quantitative estimate of drug-likeness (QED) is 0.321. The number of benzene rings is 1. The highest BCUT2D eigenvalue weighted by molar-refractivity contribution is 5.75. The number of hydrazine groups is 1. The minimum absolute atomic E-state index is 0.164. The summed E-state index contributed by atoms with van der Waals surface area (Å²) < 4.78 is 15.9. The van der Waals surface area contributed by atoms with Crippen LogP contribution in [0.2, 0.25) is 0 Å². The SMILES string of the molecule is COc1cc(OC)cc(OCCCCC(=O)NN)c1. The van der Waals surface area contributed by atoms with Gasteiger partial charge in [0.1, 0.15) is 17.2 Å². The van der Waals surface area contributed by atoms with E-state index in [2.05, 4.69) is 5.43 Å². The van der Waals surface area contributed by atoms with Gasteiger partial charge >= 0.3 is 0 Å². The van der Waals surface area contributed by atoms with Crippen LogP contribution in [-0.2, 0) is 4.79 Å². The van der Waals surface area contributed by atoms with Crippen molar-refractivity contribution in [2.24, 2.45) is 5.84 Å². The molecule has 6 nitrogen and oxygen atoms in total. The Bertz CT molecular complexity index is 387. The average molecular weight is 268 g/mol. The summed E-state index contributed by atoms with van der Waals surface area (Å²) in [6, 6.07) is 5.35. The van der Waals surface area contributed by atoms with Gasteiger partial charge in [-0.15, -0.1) is 0 Å². The van der Waals surface area contributed by atoms with E-state index >= 15 is 0 Å². The molecule has 0 saturated heterocycles. The second kappa shape index (κ2) is 8.20. The Hall–Kier alpha value is -1.95. The third-order valence-corrected chi connectivity index (χ3v) is 2.55. The first-order chi connectivity index (χ1) is 9.19.